The number of imidazole rings is 2. The number of nitrogens with zero attached hydrogens (tertiary/aromatic N) is 9. The summed E-state index contributed by atoms with van der Waals surface area (Å²) in [6.45, 7) is 0. The molecule has 0 N–H and O–H groups in total. The number of para-hydroxylation sites is 2. The van der Waals surface area contributed by atoms with Crippen molar-refractivity contribution in [2.75, 3.05) is 0 Å². The van der Waals surface area contributed by atoms with Crippen LogP contribution in [-0.4, -0.2) is 44.0 Å². The summed E-state index contributed by atoms with van der Waals surface area (Å²) in [6, 6.07) is 138. The molecule has 4 aromatic heterocycles. The molecule has 9 heteroatoms. The second kappa shape index (κ2) is 27.8. The van der Waals surface area contributed by atoms with Crippen LogP contribution in [0.4, 0.5) is 0 Å². The number of fused-ring (bicyclic) bond motifs is 11. The Kier molecular flexibility index (Phi) is 16.4. The first-order valence-corrected chi connectivity index (χ1v) is 37.0. The van der Waals surface area contributed by atoms with Crippen LogP contribution in [-0.2, 0) is 0 Å². The Balaban J connectivity index is 0.000000144. The van der Waals surface area contributed by atoms with E-state index in [1.165, 1.54) is 21.5 Å². The van der Waals surface area contributed by atoms with Crippen molar-refractivity contribution in [1.82, 2.24) is 44.0 Å². The zero-order valence-electron chi connectivity index (χ0n) is 59.6. The van der Waals surface area contributed by atoms with Gasteiger partial charge in [-0.2, -0.15) is 0 Å². The van der Waals surface area contributed by atoms with E-state index in [0.717, 1.165) is 156 Å². The lowest BCUT2D eigenvalue weighted by molar-refractivity contribution is 1.07. The average molecular weight is 1400 g/mol. The van der Waals surface area contributed by atoms with Crippen molar-refractivity contribution >= 4 is 75.9 Å². The Morgan fingerprint density at radius 1 is 0.173 bits per heavy atom. The fraction of sp³-hybridized carbons (Fsp3) is 0. The van der Waals surface area contributed by atoms with Gasteiger partial charge in [0.25, 0.3) is 0 Å². The van der Waals surface area contributed by atoms with E-state index in [-0.39, 0.29) is 0 Å². The van der Waals surface area contributed by atoms with Crippen LogP contribution in [0.2, 0.25) is 0 Å². The van der Waals surface area contributed by atoms with Crippen molar-refractivity contribution in [2.45, 2.75) is 0 Å². The van der Waals surface area contributed by atoms with E-state index in [0.29, 0.717) is 23.3 Å². The van der Waals surface area contributed by atoms with Crippen molar-refractivity contribution in [2.24, 2.45) is 0 Å². The van der Waals surface area contributed by atoms with Crippen LogP contribution in [0.1, 0.15) is 0 Å². The van der Waals surface area contributed by atoms with Crippen molar-refractivity contribution in [3.8, 4) is 124 Å². The first-order valence-electron chi connectivity index (χ1n) is 37.0. The van der Waals surface area contributed by atoms with Crippen molar-refractivity contribution in [3.63, 3.8) is 0 Å². The molecular weight excluding hydrogens is 1340 g/mol. The number of benzene rings is 17. The standard InChI is InChI=1S/C52H33N5.C49H32N4/c1-4-14-36(15-5-1)49-54-50(56-51(55-49)43-26-23-34-13-10-11-18-38(34)32-43)42-20-12-19-39(33-42)40-27-29-45-41(31-40)25-24-35-28-30-46-48(47(35)45)53-52(37-16-6-2-7-17-37)57(46)44-21-8-3-9-22-44;1-5-14-33(15-6-1)43-32-44(34-16-7-2-8-17-34)51-48(50-43)40-21-13-20-37(31-40)38-26-28-42-39(30-38)25-24-35-27-29-45-47(46(35)42)52-49(36-18-9-3-10-19-36)53(45)41-22-11-4-12-23-41/h1-33H;1-32H. The lowest BCUT2D eigenvalue weighted by Gasteiger charge is -2.12. The first kappa shape index (κ1) is 64.7. The van der Waals surface area contributed by atoms with Gasteiger partial charge in [0, 0.05) is 66.7 Å². The molecule has 9 nitrogen and oxygen atoms in total. The normalized spacial score (nSPS) is 11.5. The van der Waals surface area contributed by atoms with Gasteiger partial charge in [0.05, 0.1) is 33.5 Å². The number of rotatable bonds is 12. The zero-order valence-corrected chi connectivity index (χ0v) is 59.6. The van der Waals surface area contributed by atoms with E-state index >= 15 is 0 Å². The SMILES string of the molecule is c1ccc(-c2cc(-c3ccccc3)nc(-c3cccc(-c4ccc5c(ccc6ccc7c(nc(-c8ccccc8)n7-c7ccccc7)c65)c4)c3)n2)cc1.c1ccc(-c2nc(-c3cccc(-c4ccc5c(ccc6ccc7c(nc(-c8ccccc8)n7-c7ccccc7)c65)c4)c3)nc(-c3ccc4ccccc4c3)n2)cc1. The predicted molar refractivity (Wildman–Crippen MR) is 453 cm³/mol. The molecule has 0 unspecified atom stereocenters. The van der Waals surface area contributed by atoms with E-state index in [2.05, 4.69) is 325 Å². The third-order valence-corrected chi connectivity index (χ3v) is 20.8. The molecule has 0 saturated heterocycles. The number of hydrogen-bond donors (Lipinski definition) is 0. The molecule has 4 heterocycles. The second-order valence-corrected chi connectivity index (χ2v) is 27.6. The quantitative estimate of drug-likeness (QED) is 0.112. The molecule has 21 aromatic rings. The van der Waals surface area contributed by atoms with E-state index in [9.17, 15) is 0 Å². The maximum Gasteiger partial charge on any atom is 0.164 e. The largest absolute Gasteiger partial charge is 0.292 e. The molecule has 0 spiro atoms. The third-order valence-electron chi connectivity index (χ3n) is 20.8. The smallest absolute Gasteiger partial charge is 0.164 e. The summed E-state index contributed by atoms with van der Waals surface area (Å²) in [5.41, 5.74) is 20.6. The summed E-state index contributed by atoms with van der Waals surface area (Å²) >= 11 is 0. The molecule has 0 bridgehead atoms. The highest BCUT2D eigenvalue weighted by Crippen LogP contribution is 2.42. The highest BCUT2D eigenvalue weighted by molar-refractivity contribution is 6.21. The molecule has 0 aliphatic rings. The Morgan fingerprint density at radius 2 is 0.482 bits per heavy atom. The van der Waals surface area contributed by atoms with Crippen LogP contribution in [0.3, 0.4) is 0 Å². The predicted octanol–water partition coefficient (Wildman–Crippen LogP) is 25.5. The molecule has 21 rings (SSSR count). The second-order valence-electron chi connectivity index (χ2n) is 27.6. The maximum absolute atomic E-state index is 5.38. The van der Waals surface area contributed by atoms with E-state index in [4.69, 9.17) is 34.9 Å². The molecule has 17 aromatic carbocycles. The van der Waals surface area contributed by atoms with Gasteiger partial charge in [-0.1, -0.05) is 322 Å². The highest BCUT2D eigenvalue weighted by atomic mass is 15.1. The summed E-state index contributed by atoms with van der Waals surface area (Å²) in [6.07, 6.45) is 0. The van der Waals surface area contributed by atoms with Crippen LogP contribution in [0.15, 0.2) is 394 Å². The molecular formula is C101H65N9. The van der Waals surface area contributed by atoms with Gasteiger partial charge in [0.1, 0.15) is 11.6 Å². The molecule has 0 amide bonds. The number of hydrogen-bond acceptors (Lipinski definition) is 7. The molecule has 110 heavy (non-hydrogen) atoms. The average Bonchev–Trinajstić information content (AvgIpc) is 1.55. The summed E-state index contributed by atoms with van der Waals surface area (Å²) in [5.74, 6) is 4.47. The molecule has 0 radical (unpaired) electrons. The monoisotopic (exact) mass is 1400 g/mol. The van der Waals surface area contributed by atoms with Gasteiger partial charge in [-0.05, 0) is 138 Å². The van der Waals surface area contributed by atoms with Gasteiger partial charge >= 0.3 is 0 Å². The summed E-state index contributed by atoms with van der Waals surface area (Å²) in [7, 11) is 0. The molecule has 514 valence electrons. The fourth-order valence-corrected chi connectivity index (χ4v) is 15.4. The lowest BCUT2D eigenvalue weighted by Crippen LogP contribution is -2.00. The molecule has 0 saturated carbocycles. The van der Waals surface area contributed by atoms with Crippen LogP contribution in [0.25, 0.3) is 200 Å². The Bertz CT molecular complexity index is 6990. The fourth-order valence-electron chi connectivity index (χ4n) is 15.4. The van der Waals surface area contributed by atoms with Gasteiger partial charge in [-0.15, -0.1) is 0 Å². The van der Waals surface area contributed by atoms with Gasteiger partial charge in [-0.3, -0.25) is 9.13 Å². The summed E-state index contributed by atoms with van der Waals surface area (Å²) < 4.78 is 4.56. The van der Waals surface area contributed by atoms with Crippen LogP contribution in [0.5, 0.6) is 0 Å². The van der Waals surface area contributed by atoms with Gasteiger partial charge in [0.15, 0.2) is 23.3 Å². The van der Waals surface area contributed by atoms with Crippen LogP contribution < -0.4 is 0 Å². The lowest BCUT2D eigenvalue weighted by atomic mass is 9.96. The van der Waals surface area contributed by atoms with Gasteiger partial charge in [-0.25, -0.2) is 34.9 Å². The van der Waals surface area contributed by atoms with Crippen LogP contribution >= 0.6 is 0 Å². The van der Waals surface area contributed by atoms with E-state index in [1.54, 1.807) is 0 Å². The minimum Gasteiger partial charge on any atom is -0.292 e. The summed E-state index contributed by atoms with van der Waals surface area (Å²) in [4.78, 5) is 36.0. The Labute approximate surface area is 634 Å². The van der Waals surface area contributed by atoms with Gasteiger partial charge in [0.2, 0.25) is 0 Å². The molecule has 0 fully saturated rings. The first-order chi connectivity index (χ1) is 54.5. The topological polar surface area (TPSA) is 100 Å². The highest BCUT2D eigenvalue weighted by Gasteiger charge is 2.22. The minimum atomic E-state index is 0.631. The summed E-state index contributed by atoms with van der Waals surface area (Å²) in [5, 5.41) is 11.6. The third kappa shape index (κ3) is 12.1. The van der Waals surface area contributed by atoms with E-state index < -0.39 is 0 Å². The van der Waals surface area contributed by atoms with Crippen molar-refractivity contribution in [1.29, 1.82) is 0 Å². The van der Waals surface area contributed by atoms with Crippen molar-refractivity contribution in [3.05, 3.63) is 394 Å². The zero-order chi connectivity index (χ0) is 72.9. The van der Waals surface area contributed by atoms with E-state index in [1.807, 2.05) is 78.9 Å². The van der Waals surface area contributed by atoms with Crippen LogP contribution in [0, 0.1) is 0 Å². The van der Waals surface area contributed by atoms with Gasteiger partial charge < -0.3 is 0 Å². The Morgan fingerprint density at radius 3 is 0.936 bits per heavy atom. The Hall–Kier alpha value is -14.9. The molecule has 0 aliphatic heterocycles. The van der Waals surface area contributed by atoms with Crippen molar-refractivity contribution < 1.29 is 0 Å². The maximum atomic E-state index is 5.38. The molecule has 0 atom stereocenters. The minimum absolute atomic E-state index is 0.631. The number of aromatic nitrogens is 9. The molecule has 0 aliphatic carbocycles.